The normalized spacial score (nSPS) is 16.2. The summed E-state index contributed by atoms with van der Waals surface area (Å²) in [6, 6.07) is 0. The van der Waals surface area contributed by atoms with Crippen molar-refractivity contribution in [3.63, 3.8) is 0 Å². The molecule has 0 heterocycles. The molecule has 0 nitrogen and oxygen atoms in total. The average Bonchev–Trinajstić information content (AvgIpc) is 2.09. The summed E-state index contributed by atoms with van der Waals surface area (Å²) in [5.41, 5.74) is 2.81. The van der Waals surface area contributed by atoms with Crippen molar-refractivity contribution in [2.24, 2.45) is 0 Å². The summed E-state index contributed by atoms with van der Waals surface area (Å²) in [6.45, 7) is 4.40. The lowest BCUT2D eigenvalue weighted by Gasteiger charge is -2.00. The van der Waals surface area contributed by atoms with Crippen molar-refractivity contribution in [1.29, 1.82) is 0 Å². The minimum absolute atomic E-state index is 1.11. The largest absolute Gasteiger partial charge is 0.0651 e. The van der Waals surface area contributed by atoms with Crippen molar-refractivity contribution in [3.05, 3.63) is 47.6 Å². The van der Waals surface area contributed by atoms with Crippen molar-refractivity contribution >= 4 is 0 Å². The van der Waals surface area contributed by atoms with Crippen LogP contribution in [0, 0.1) is 0 Å². The first-order valence-corrected chi connectivity index (χ1v) is 5.11. The van der Waals surface area contributed by atoms with Crippen LogP contribution in [-0.4, -0.2) is 0 Å². The van der Waals surface area contributed by atoms with E-state index in [4.69, 9.17) is 0 Å². The van der Waals surface area contributed by atoms with Gasteiger partial charge in [-0.3, -0.25) is 0 Å². The highest BCUT2D eigenvalue weighted by Gasteiger charge is 1.91. The maximum absolute atomic E-state index is 2.21. The Labute approximate surface area is 81.4 Å². The lowest BCUT2D eigenvalue weighted by Crippen LogP contribution is -1.80. The molecule has 70 valence electrons. The number of hydrogen-bond donors (Lipinski definition) is 0. The molecular formula is C13H18. The molecule has 0 atom stereocenters. The van der Waals surface area contributed by atoms with E-state index in [0.717, 1.165) is 6.42 Å². The Morgan fingerprint density at radius 3 is 2.15 bits per heavy atom. The van der Waals surface area contributed by atoms with Crippen molar-refractivity contribution in [1.82, 2.24) is 0 Å². The smallest absolute Gasteiger partial charge is 0.0281 e. The highest BCUT2D eigenvalue weighted by Crippen LogP contribution is 2.12. The fourth-order valence-corrected chi connectivity index (χ4v) is 1.39. The maximum atomic E-state index is 2.21. The van der Waals surface area contributed by atoms with E-state index in [1.165, 1.54) is 24.0 Å². The van der Waals surface area contributed by atoms with Crippen molar-refractivity contribution in [3.8, 4) is 0 Å². The third-order valence-corrected chi connectivity index (χ3v) is 2.19. The van der Waals surface area contributed by atoms with Crippen LogP contribution in [0.2, 0.25) is 0 Å². The standard InChI is InChI=1S/C13H18/c1-3-7-13-10-5-8-12(4-2)9-6-11-13/h5-6,8-11H,3-4,7H2,1-2H3. The van der Waals surface area contributed by atoms with Crippen LogP contribution in [0.3, 0.4) is 0 Å². The summed E-state index contributed by atoms with van der Waals surface area (Å²) in [6.07, 6.45) is 16.6. The van der Waals surface area contributed by atoms with Gasteiger partial charge in [0.1, 0.15) is 0 Å². The fourth-order valence-electron chi connectivity index (χ4n) is 1.39. The van der Waals surface area contributed by atoms with Gasteiger partial charge in [0, 0.05) is 0 Å². The van der Waals surface area contributed by atoms with Crippen molar-refractivity contribution in [2.45, 2.75) is 33.1 Å². The van der Waals surface area contributed by atoms with Crippen LogP contribution in [-0.2, 0) is 0 Å². The molecule has 0 spiro atoms. The Hall–Kier alpha value is -1.04. The predicted molar refractivity (Wildman–Crippen MR) is 59.6 cm³/mol. The van der Waals surface area contributed by atoms with E-state index in [9.17, 15) is 0 Å². The Kier molecular flexibility index (Phi) is 4.31. The first kappa shape index (κ1) is 10.0. The first-order valence-electron chi connectivity index (χ1n) is 5.11. The topological polar surface area (TPSA) is 0 Å². The van der Waals surface area contributed by atoms with Gasteiger partial charge in [0.2, 0.25) is 0 Å². The second kappa shape index (κ2) is 5.58. The molecule has 0 aromatic heterocycles. The molecule has 0 heteroatoms. The zero-order chi connectivity index (χ0) is 9.52. The summed E-state index contributed by atoms with van der Waals surface area (Å²) in [5, 5.41) is 0. The zero-order valence-electron chi connectivity index (χ0n) is 8.59. The lowest BCUT2D eigenvalue weighted by atomic mass is 10.1. The van der Waals surface area contributed by atoms with Gasteiger partial charge < -0.3 is 0 Å². The second-order valence-corrected chi connectivity index (χ2v) is 3.30. The Bertz CT molecular complexity index is 262. The van der Waals surface area contributed by atoms with E-state index in [-0.39, 0.29) is 0 Å². The molecule has 0 N–H and O–H groups in total. The third-order valence-electron chi connectivity index (χ3n) is 2.19. The third kappa shape index (κ3) is 3.45. The van der Waals surface area contributed by atoms with Crippen molar-refractivity contribution < 1.29 is 0 Å². The van der Waals surface area contributed by atoms with Crippen LogP contribution >= 0.6 is 0 Å². The van der Waals surface area contributed by atoms with E-state index in [1.54, 1.807) is 0 Å². The molecule has 0 saturated heterocycles. The molecule has 0 unspecified atom stereocenters. The van der Waals surface area contributed by atoms with Crippen molar-refractivity contribution in [2.75, 3.05) is 0 Å². The van der Waals surface area contributed by atoms with Gasteiger partial charge in [0.25, 0.3) is 0 Å². The molecule has 1 aliphatic carbocycles. The number of hydrogen-bond acceptors (Lipinski definition) is 0. The Morgan fingerprint density at radius 2 is 1.54 bits per heavy atom. The summed E-state index contributed by atoms with van der Waals surface area (Å²) in [7, 11) is 0. The van der Waals surface area contributed by atoms with E-state index >= 15 is 0 Å². The monoisotopic (exact) mass is 174 g/mol. The van der Waals surface area contributed by atoms with E-state index in [1.807, 2.05) is 0 Å². The quantitative estimate of drug-likeness (QED) is 0.602. The minimum Gasteiger partial charge on any atom is -0.0651 e. The molecule has 1 aliphatic rings. The first-order chi connectivity index (χ1) is 6.36. The van der Waals surface area contributed by atoms with Gasteiger partial charge in [-0.05, 0) is 24.0 Å². The zero-order valence-corrected chi connectivity index (χ0v) is 8.59. The summed E-state index contributed by atoms with van der Waals surface area (Å²) in [4.78, 5) is 0. The van der Waals surface area contributed by atoms with Gasteiger partial charge in [0.15, 0.2) is 0 Å². The van der Waals surface area contributed by atoms with E-state index in [0.29, 0.717) is 0 Å². The predicted octanol–water partition coefficient (Wildman–Crippen LogP) is 4.18. The highest BCUT2D eigenvalue weighted by atomic mass is 14.0. The second-order valence-electron chi connectivity index (χ2n) is 3.30. The molecule has 1 rings (SSSR count). The van der Waals surface area contributed by atoms with Gasteiger partial charge in [0.05, 0.1) is 0 Å². The Morgan fingerprint density at radius 1 is 0.923 bits per heavy atom. The molecular weight excluding hydrogens is 156 g/mol. The summed E-state index contributed by atoms with van der Waals surface area (Å²) in [5.74, 6) is 0. The van der Waals surface area contributed by atoms with E-state index < -0.39 is 0 Å². The molecule has 0 saturated carbocycles. The Balaban J connectivity index is 2.68. The van der Waals surface area contributed by atoms with Crippen LogP contribution in [0.5, 0.6) is 0 Å². The van der Waals surface area contributed by atoms with Gasteiger partial charge >= 0.3 is 0 Å². The minimum atomic E-state index is 1.11. The van der Waals surface area contributed by atoms with Crippen LogP contribution < -0.4 is 0 Å². The molecule has 0 aromatic rings. The molecule has 0 aliphatic heterocycles. The van der Waals surface area contributed by atoms with Crippen LogP contribution in [0.25, 0.3) is 0 Å². The maximum Gasteiger partial charge on any atom is -0.0281 e. The lowest BCUT2D eigenvalue weighted by molar-refractivity contribution is 0.926. The van der Waals surface area contributed by atoms with Gasteiger partial charge in [-0.2, -0.15) is 0 Å². The van der Waals surface area contributed by atoms with Crippen LogP contribution in [0.1, 0.15) is 33.1 Å². The van der Waals surface area contributed by atoms with E-state index in [2.05, 4.69) is 50.3 Å². The number of allylic oxidation sites excluding steroid dienone is 8. The van der Waals surface area contributed by atoms with Crippen LogP contribution in [0.4, 0.5) is 0 Å². The molecule has 0 bridgehead atoms. The average molecular weight is 174 g/mol. The summed E-state index contributed by atoms with van der Waals surface area (Å²) < 4.78 is 0. The highest BCUT2D eigenvalue weighted by molar-refractivity contribution is 5.35. The molecule has 0 aromatic carbocycles. The van der Waals surface area contributed by atoms with Gasteiger partial charge in [-0.25, -0.2) is 0 Å². The SMILES string of the molecule is CCCC1=CC=CC(CC)=CC=C1. The molecule has 0 fully saturated rings. The fraction of sp³-hybridized carbons (Fsp3) is 0.385. The number of rotatable bonds is 3. The van der Waals surface area contributed by atoms with Gasteiger partial charge in [-0.15, -0.1) is 0 Å². The van der Waals surface area contributed by atoms with Gasteiger partial charge in [-0.1, -0.05) is 56.7 Å². The van der Waals surface area contributed by atoms with Crippen LogP contribution in [0.15, 0.2) is 47.6 Å². The molecule has 0 radical (unpaired) electrons. The molecule has 13 heavy (non-hydrogen) atoms. The summed E-state index contributed by atoms with van der Waals surface area (Å²) >= 11 is 0. The molecule has 0 amide bonds.